The van der Waals surface area contributed by atoms with Crippen LogP contribution in [0.3, 0.4) is 0 Å². The van der Waals surface area contributed by atoms with Crippen molar-refractivity contribution < 1.29 is 32.1 Å². The molecule has 158 valence electrons. The maximum Gasteiger partial charge on any atom is 0.338 e. The first-order valence-corrected chi connectivity index (χ1v) is 10.4. The maximum absolute atomic E-state index is 13.3. The molecule has 0 aliphatic carbocycles. The highest BCUT2D eigenvalue weighted by atomic mass is 32.2. The molecule has 0 fully saturated rings. The summed E-state index contributed by atoms with van der Waals surface area (Å²) in [5, 5.41) is 13.0. The monoisotopic (exact) mass is 437 g/mol. The molecule has 2 aromatic rings. The Morgan fingerprint density at radius 1 is 1.27 bits per heavy atom. The molecule has 1 N–H and O–H groups in total. The number of rotatable bonds is 6. The molecule has 1 amide bonds. The van der Waals surface area contributed by atoms with Gasteiger partial charge in [0.1, 0.15) is 0 Å². The first kappa shape index (κ1) is 21.2. The van der Waals surface area contributed by atoms with Crippen molar-refractivity contribution in [3.8, 4) is 0 Å². The number of ether oxygens (including phenoxy) is 1. The lowest BCUT2D eigenvalue weighted by atomic mass is 10.1. The van der Waals surface area contributed by atoms with Crippen molar-refractivity contribution in [2.75, 3.05) is 29.0 Å². The van der Waals surface area contributed by atoms with Crippen LogP contribution in [0.25, 0.3) is 0 Å². The van der Waals surface area contributed by atoms with Crippen LogP contribution in [0.4, 0.5) is 21.5 Å². The molecule has 0 saturated carbocycles. The molecule has 1 heterocycles. The predicted molar refractivity (Wildman–Crippen MR) is 104 cm³/mol. The average Bonchev–Trinajstić information content (AvgIpc) is 3.11. The van der Waals surface area contributed by atoms with Gasteiger partial charge < -0.3 is 10.1 Å². The summed E-state index contributed by atoms with van der Waals surface area (Å²) in [7, 11) is -3.41. The van der Waals surface area contributed by atoms with Gasteiger partial charge in [-0.15, -0.1) is 0 Å². The highest BCUT2D eigenvalue weighted by molar-refractivity contribution is 7.92. The molecular formula is C18H16FN3O7S. The third kappa shape index (κ3) is 4.54. The SMILES string of the molecule is CS(=O)(=O)N1CCc2cc(C(=O)OCC(=O)Nc3ccc(F)c([N+](=O)[O-])c3)ccc21. The number of nitrogens with one attached hydrogen (secondary N) is 1. The van der Waals surface area contributed by atoms with Crippen molar-refractivity contribution in [3.63, 3.8) is 0 Å². The van der Waals surface area contributed by atoms with Crippen LogP contribution in [0.15, 0.2) is 36.4 Å². The summed E-state index contributed by atoms with van der Waals surface area (Å²) in [5.74, 6) is -2.61. The summed E-state index contributed by atoms with van der Waals surface area (Å²) < 4.78 is 43.0. The van der Waals surface area contributed by atoms with Crippen LogP contribution in [-0.4, -0.2) is 44.6 Å². The van der Waals surface area contributed by atoms with Gasteiger partial charge in [-0.05, 0) is 42.3 Å². The summed E-state index contributed by atoms with van der Waals surface area (Å²) in [4.78, 5) is 33.9. The Kier molecular flexibility index (Phi) is 5.69. The van der Waals surface area contributed by atoms with Crippen molar-refractivity contribution in [1.82, 2.24) is 0 Å². The van der Waals surface area contributed by atoms with Crippen molar-refractivity contribution in [1.29, 1.82) is 0 Å². The molecule has 1 aliphatic heterocycles. The standard InChI is InChI=1S/C18H16FN3O7S/c1-30(27,28)21-7-6-11-8-12(2-5-15(11)21)18(24)29-10-17(23)20-13-3-4-14(19)16(9-13)22(25)26/h2-5,8-9H,6-7,10H2,1H3,(H,20,23). The number of hydrogen-bond acceptors (Lipinski definition) is 7. The van der Waals surface area contributed by atoms with Gasteiger partial charge in [-0.25, -0.2) is 13.2 Å². The zero-order valence-electron chi connectivity index (χ0n) is 15.6. The molecule has 0 bridgehead atoms. The Hall–Kier alpha value is -3.54. The van der Waals surface area contributed by atoms with E-state index in [1.165, 1.54) is 22.5 Å². The largest absolute Gasteiger partial charge is 0.452 e. The van der Waals surface area contributed by atoms with E-state index in [-0.39, 0.29) is 17.8 Å². The normalized spacial score (nSPS) is 12.9. The number of nitro groups is 1. The molecule has 10 nitrogen and oxygen atoms in total. The third-order valence-corrected chi connectivity index (χ3v) is 5.51. The van der Waals surface area contributed by atoms with Gasteiger partial charge in [-0.1, -0.05) is 0 Å². The van der Waals surface area contributed by atoms with E-state index in [4.69, 9.17) is 4.74 Å². The van der Waals surface area contributed by atoms with E-state index in [2.05, 4.69) is 5.32 Å². The average molecular weight is 437 g/mol. The number of halogens is 1. The second-order valence-electron chi connectivity index (χ2n) is 6.48. The van der Waals surface area contributed by atoms with E-state index in [1.807, 2.05) is 0 Å². The minimum Gasteiger partial charge on any atom is -0.452 e. The van der Waals surface area contributed by atoms with Crippen molar-refractivity contribution in [2.45, 2.75) is 6.42 Å². The first-order chi connectivity index (χ1) is 14.1. The summed E-state index contributed by atoms with van der Waals surface area (Å²) in [6.45, 7) is -0.393. The second-order valence-corrected chi connectivity index (χ2v) is 8.38. The molecule has 0 radical (unpaired) electrons. The number of sulfonamides is 1. The summed E-state index contributed by atoms with van der Waals surface area (Å²) in [6.07, 6.45) is 1.53. The van der Waals surface area contributed by atoms with Crippen LogP contribution >= 0.6 is 0 Å². The zero-order valence-corrected chi connectivity index (χ0v) is 16.4. The van der Waals surface area contributed by atoms with Gasteiger partial charge in [0.25, 0.3) is 5.91 Å². The molecule has 2 aromatic carbocycles. The van der Waals surface area contributed by atoms with E-state index < -0.39 is 44.9 Å². The van der Waals surface area contributed by atoms with Gasteiger partial charge in [-0.2, -0.15) is 4.39 Å². The number of nitrogens with zero attached hydrogens (tertiary/aromatic N) is 2. The number of carbonyl (C=O) groups excluding carboxylic acids is 2. The van der Waals surface area contributed by atoms with E-state index in [0.29, 0.717) is 17.7 Å². The Balaban J connectivity index is 1.62. The fourth-order valence-electron chi connectivity index (χ4n) is 2.98. The number of carbonyl (C=O) groups is 2. The number of nitro benzene ring substituents is 1. The predicted octanol–water partition coefficient (Wildman–Crippen LogP) is 1.85. The second kappa shape index (κ2) is 8.06. The minimum atomic E-state index is -3.41. The lowest BCUT2D eigenvalue weighted by Gasteiger charge is -2.16. The number of hydrogen-bond donors (Lipinski definition) is 1. The topological polar surface area (TPSA) is 136 Å². The summed E-state index contributed by atoms with van der Waals surface area (Å²) >= 11 is 0. The van der Waals surface area contributed by atoms with Gasteiger partial charge >= 0.3 is 11.7 Å². The van der Waals surface area contributed by atoms with E-state index >= 15 is 0 Å². The van der Waals surface area contributed by atoms with Crippen molar-refractivity contribution in [3.05, 3.63) is 63.5 Å². The Morgan fingerprint density at radius 3 is 2.67 bits per heavy atom. The highest BCUT2D eigenvalue weighted by Crippen LogP contribution is 2.30. The molecule has 30 heavy (non-hydrogen) atoms. The lowest BCUT2D eigenvalue weighted by Crippen LogP contribution is -2.27. The molecular weight excluding hydrogens is 421 g/mol. The molecule has 12 heteroatoms. The van der Waals surface area contributed by atoms with Gasteiger partial charge in [-0.3, -0.25) is 19.2 Å². The zero-order chi connectivity index (χ0) is 22.1. The van der Waals surface area contributed by atoms with E-state index in [0.717, 1.165) is 24.5 Å². The highest BCUT2D eigenvalue weighted by Gasteiger charge is 2.27. The number of benzene rings is 2. The summed E-state index contributed by atoms with van der Waals surface area (Å²) in [5.41, 5.74) is 0.477. The first-order valence-electron chi connectivity index (χ1n) is 8.58. The smallest absolute Gasteiger partial charge is 0.338 e. The lowest BCUT2D eigenvalue weighted by molar-refractivity contribution is -0.387. The van der Waals surface area contributed by atoms with Crippen LogP contribution in [0, 0.1) is 15.9 Å². The molecule has 0 atom stereocenters. The van der Waals surface area contributed by atoms with Crippen LogP contribution in [0.2, 0.25) is 0 Å². The van der Waals surface area contributed by atoms with Gasteiger partial charge in [0, 0.05) is 18.3 Å². The van der Waals surface area contributed by atoms with Crippen LogP contribution in [-0.2, 0) is 26.0 Å². The molecule has 0 saturated heterocycles. The quantitative estimate of drug-likeness (QED) is 0.414. The van der Waals surface area contributed by atoms with Crippen molar-refractivity contribution in [2.24, 2.45) is 0 Å². The van der Waals surface area contributed by atoms with Gasteiger partial charge in [0.2, 0.25) is 15.8 Å². The minimum absolute atomic E-state index is 0.0254. The molecule has 0 aromatic heterocycles. The van der Waals surface area contributed by atoms with Gasteiger partial charge in [0.15, 0.2) is 6.61 Å². The fraction of sp³-hybridized carbons (Fsp3) is 0.222. The molecule has 0 unspecified atom stereocenters. The Morgan fingerprint density at radius 2 is 2.00 bits per heavy atom. The van der Waals surface area contributed by atoms with Crippen LogP contribution in [0.1, 0.15) is 15.9 Å². The van der Waals surface area contributed by atoms with Crippen LogP contribution < -0.4 is 9.62 Å². The number of esters is 1. The number of anilines is 2. The summed E-state index contributed by atoms with van der Waals surface area (Å²) in [6, 6.07) is 7.22. The van der Waals surface area contributed by atoms with Gasteiger partial charge in [0.05, 0.1) is 22.4 Å². The van der Waals surface area contributed by atoms with Crippen LogP contribution in [0.5, 0.6) is 0 Å². The fourth-order valence-corrected chi connectivity index (χ4v) is 3.94. The Bertz CT molecular complexity index is 1150. The number of amides is 1. The number of fused-ring (bicyclic) bond motifs is 1. The van der Waals surface area contributed by atoms with E-state index in [9.17, 15) is 32.5 Å². The Labute approximate surface area is 170 Å². The maximum atomic E-state index is 13.3. The molecule has 3 rings (SSSR count). The molecule has 1 aliphatic rings. The third-order valence-electron chi connectivity index (χ3n) is 4.33. The van der Waals surface area contributed by atoms with Crippen molar-refractivity contribution >= 4 is 39.0 Å². The molecule has 0 spiro atoms. The van der Waals surface area contributed by atoms with E-state index in [1.54, 1.807) is 0 Å².